The Morgan fingerprint density at radius 1 is 1.10 bits per heavy atom. The van der Waals surface area contributed by atoms with Crippen LogP contribution in [0.15, 0.2) is 54.6 Å². The second-order valence-electron chi connectivity index (χ2n) is 4.60. The van der Waals surface area contributed by atoms with Crippen LogP contribution < -0.4 is 10.5 Å². The number of hydrogen-bond donors (Lipinski definition) is 1. The molecule has 2 aromatic carbocycles. The zero-order chi connectivity index (χ0) is 14.7. The Bertz CT molecular complexity index is 837. The molecule has 4 nitrogen and oxygen atoms in total. The first-order valence-corrected chi connectivity index (χ1v) is 6.57. The highest BCUT2D eigenvalue weighted by Crippen LogP contribution is 2.26. The van der Waals surface area contributed by atoms with E-state index in [2.05, 4.69) is 11.1 Å². The molecular weight excluding hydrogens is 262 g/mol. The van der Waals surface area contributed by atoms with Gasteiger partial charge in [0.25, 0.3) is 0 Å². The molecule has 0 spiro atoms. The normalized spacial score (nSPS) is 10.3. The minimum atomic E-state index is 0.311. The summed E-state index contributed by atoms with van der Waals surface area (Å²) in [6.07, 6.45) is 0. The van der Waals surface area contributed by atoms with Crippen LogP contribution in [0.2, 0.25) is 0 Å². The Hall–Kier alpha value is -2.90. The lowest BCUT2D eigenvalue weighted by Crippen LogP contribution is -1.97. The third kappa shape index (κ3) is 2.69. The Labute approximate surface area is 122 Å². The predicted octanol–water partition coefficient (Wildman–Crippen LogP) is 3.36. The van der Waals surface area contributed by atoms with E-state index in [0.29, 0.717) is 23.7 Å². The molecular formula is C17H13N3O. The number of benzene rings is 2. The maximum absolute atomic E-state index is 9.27. The van der Waals surface area contributed by atoms with Gasteiger partial charge in [-0.1, -0.05) is 30.3 Å². The molecule has 0 saturated heterocycles. The number of ether oxygens (including phenoxy) is 1. The quantitative estimate of drug-likeness (QED) is 0.795. The van der Waals surface area contributed by atoms with E-state index in [1.54, 1.807) is 6.07 Å². The van der Waals surface area contributed by atoms with E-state index in [1.807, 2.05) is 48.5 Å². The summed E-state index contributed by atoms with van der Waals surface area (Å²) in [5.41, 5.74) is 7.79. The van der Waals surface area contributed by atoms with Crippen LogP contribution in [0, 0.1) is 11.3 Å². The van der Waals surface area contributed by atoms with Crippen molar-refractivity contribution in [3.63, 3.8) is 0 Å². The molecule has 0 aliphatic heterocycles. The fourth-order valence-corrected chi connectivity index (χ4v) is 2.10. The van der Waals surface area contributed by atoms with Crippen molar-refractivity contribution in [3.05, 3.63) is 65.7 Å². The number of nitrogens with two attached hydrogens (primary N) is 1. The van der Waals surface area contributed by atoms with Crippen LogP contribution in [-0.2, 0) is 6.54 Å². The summed E-state index contributed by atoms with van der Waals surface area (Å²) >= 11 is 0. The Kier molecular flexibility index (Phi) is 3.50. The van der Waals surface area contributed by atoms with Crippen molar-refractivity contribution in [3.8, 4) is 17.7 Å². The molecule has 0 radical (unpaired) electrons. The fraction of sp³-hybridized carbons (Fsp3) is 0.0588. The molecule has 1 aromatic heterocycles. The van der Waals surface area contributed by atoms with E-state index >= 15 is 0 Å². The minimum Gasteiger partial charge on any atom is -0.438 e. The van der Waals surface area contributed by atoms with Crippen molar-refractivity contribution in [2.45, 2.75) is 6.54 Å². The van der Waals surface area contributed by atoms with E-state index in [1.165, 1.54) is 0 Å². The number of fused-ring (bicyclic) bond motifs is 1. The van der Waals surface area contributed by atoms with Crippen molar-refractivity contribution in [2.24, 2.45) is 5.73 Å². The molecule has 0 amide bonds. The smallest absolute Gasteiger partial charge is 0.237 e. The summed E-state index contributed by atoms with van der Waals surface area (Å²) in [5, 5.41) is 10.2. The first kappa shape index (κ1) is 13.1. The average Bonchev–Trinajstić information content (AvgIpc) is 2.54. The Balaban J connectivity index is 2.04. The lowest BCUT2D eigenvalue weighted by molar-refractivity contribution is 0.463. The molecule has 1 heterocycles. The topological polar surface area (TPSA) is 71.9 Å². The molecule has 0 unspecified atom stereocenters. The van der Waals surface area contributed by atoms with Gasteiger partial charge < -0.3 is 10.5 Å². The summed E-state index contributed by atoms with van der Waals surface area (Å²) in [7, 11) is 0. The molecule has 0 aliphatic rings. The molecule has 3 rings (SSSR count). The number of para-hydroxylation sites is 1. The van der Waals surface area contributed by atoms with Gasteiger partial charge in [-0.05, 0) is 29.8 Å². The predicted molar refractivity (Wildman–Crippen MR) is 80.9 cm³/mol. The summed E-state index contributed by atoms with van der Waals surface area (Å²) in [6.45, 7) is 0.438. The zero-order valence-electron chi connectivity index (χ0n) is 11.3. The molecule has 0 saturated carbocycles. The van der Waals surface area contributed by atoms with Gasteiger partial charge in [-0.2, -0.15) is 5.26 Å². The van der Waals surface area contributed by atoms with E-state index in [4.69, 9.17) is 10.5 Å². The van der Waals surface area contributed by atoms with Crippen LogP contribution in [-0.4, -0.2) is 4.98 Å². The van der Waals surface area contributed by atoms with Crippen molar-refractivity contribution >= 4 is 10.9 Å². The first-order valence-electron chi connectivity index (χ1n) is 6.57. The maximum atomic E-state index is 9.27. The van der Waals surface area contributed by atoms with Crippen molar-refractivity contribution < 1.29 is 4.74 Å². The van der Waals surface area contributed by atoms with E-state index in [-0.39, 0.29) is 0 Å². The first-order chi connectivity index (χ1) is 10.3. The van der Waals surface area contributed by atoms with Crippen LogP contribution in [0.25, 0.3) is 10.9 Å². The molecule has 3 aromatic rings. The van der Waals surface area contributed by atoms with Crippen LogP contribution in [0.4, 0.5) is 0 Å². The molecule has 0 bridgehead atoms. The third-order valence-electron chi connectivity index (χ3n) is 3.16. The summed E-state index contributed by atoms with van der Waals surface area (Å²) in [4.78, 5) is 4.42. The SMILES string of the molecule is N#Cc1cc2ccccc2nc1Oc1cccc(CN)c1. The van der Waals surface area contributed by atoms with E-state index in [9.17, 15) is 5.26 Å². The highest BCUT2D eigenvalue weighted by atomic mass is 16.5. The highest BCUT2D eigenvalue weighted by molar-refractivity contribution is 5.81. The summed E-state index contributed by atoms with van der Waals surface area (Å²) in [5.74, 6) is 0.933. The molecule has 0 aliphatic carbocycles. The Morgan fingerprint density at radius 3 is 2.76 bits per heavy atom. The standard InChI is InChI=1S/C17H13N3O/c18-10-12-4-3-6-15(8-12)21-17-14(11-19)9-13-5-1-2-7-16(13)20-17/h1-9H,10,18H2. The van der Waals surface area contributed by atoms with Crippen LogP contribution in [0.1, 0.15) is 11.1 Å². The van der Waals surface area contributed by atoms with Gasteiger partial charge in [0.2, 0.25) is 5.88 Å². The van der Waals surface area contributed by atoms with Crippen molar-refractivity contribution in [1.82, 2.24) is 4.98 Å². The molecule has 102 valence electrons. The lowest BCUT2D eigenvalue weighted by Gasteiger charge is -2.08. The number of hydrogen-bond acceptors (Lipinski definition) is 4. The van der Waals surface area contributed by atoms with Crippen LogP contribution in [0.3, 0.4) is 0 Å². The highest BCUT2D eigenvalue weighted by Gasteiger charge is 2.09. The molecule has 4 heteroatoms. The van der Waals surface area contributed by atoms with Gasteiger partial charge >= 0.3 is 0 Å². The molecule has 0 fully saturated rings. The summed E-state index contributed by atoms with van der Waals surface area (Å²) in [6, 6.07) is 19.0. The molecule has 21 heavy (non-hydrogen) atoms. The number of nitrogens with zero attached hydrogens (tertiary/aromatic N) is 2. The van der Waals surface area contributed by atoms with Gasteiger partial charge in [0.1, 0.15) is 17.4 Å². The van der Waals surface area contributed by atoms with E-state index < -0.39 is 0 Å². The van der Waals surface area contributed by atoms with E-state index in [0.717, 1.165) is 16.5 Å². The lowest BCUT2D eigenvalue weighted by atomic mass is 10.1. The zero-order valence-corrected chi connectivity index (χ0v) is 11.3. The average molecular weight is 275 g/mol. The van der Waals surface area contributed by atoms with Crippen LogP contribution in [0.5, 0.6) is 11.6 Å². The maximum Gasteiger partial charge on any atom is 0.237 e. The number of aromatic nitrogens is 1. The van der Waals surface area contributed by atoms with Gasteiger partial charge in [0, 0.05) is 11.9 Å². The molecule has 0 atom stereocenters. The van der Waals surface area contributed by atoms with Gasteiger partial charge in [0.05, 0.1) is 5.52 Å². The van der Waals surface area contributed by atoms with Crippen LogP contribution >= 0.6 is 0 Å². The number of rotatable bonds is 3. The largest absolute Gasteiger partial charge is 0.438 e. The minimum absolute atomic E-state index is 0.311. The monoisotopic (exact) mass is 275 g/mol. The second-order valence-corrected chi connectivity index (χ2v) is 4.60. The molecule has 2 N–H and O–H groups in total. The van der Waals surface area contributed by atoms with Gasteiger partial charge in [-0.25, -0.2) is 4.98 Å². The summed E-state index contributed by atoms with van der Waals surface area (Å²) < 4.78 is 5.76. The Morgan fingerprint density at radius 2 is 1.95 bits per heavy atom. The van der Waals surface area contributed by atoms with Gasteiger partial charge in [0.15, 0.2) is 0 Å². The third-order valence-corrected chi connectivity index (χ3v) is 3.16. The number of nitriles is 1. The van der Waals surface area contributed by atoms with Gasteiger partial charge in [-0.3, -0.25) is 0 Å². The fourth-order valence-electron chi connectivity index (χ4n) is 2.10. The number of pyridine rings is 1. The van der Waals surface area contributed by atoms with Crippen molar-refractivity contribution in [2.75, 3.05) is 0 Å². The van der Waals surface area contributed by atoms with Gasteiger partial charge in [-0.15, -0.1) is 0 Å². The second kappa shape index (κ2) is 5.61. The van der Waals surface area contributed by atoms with Crippen molar-refractivity contribution in [1.29, 1.82) is 5.26 Å².